The van der Waals surface area contributed by atoms with Crippen molar-refractivity contribution in [2.45, 2.75) is 39.3 Å². The Labute approximate surface area is 187 Å². The van der Waals surface area contributed by atoms with Crippen LogP contribution in [0.2, 0.25) is 0 Å². The molecule has 6 nitrogen and oxygen atoms in total. The van der Waals surface area contributed by atoms with Gasteiger partial charge in [-0.15, -0.1) is 0 Å². The fourth-order valence-corrected chi connectivity index (χ4v) is 4.94. The molecule has 6 heteroatoms. The molecular formula is C26H29N5O. The molecule has 2 aromatic heterocycles. The monoisotopic (exact) mass is 427 g/mol. The summed E-state index contributed by atoms with van der Waals surface area (Å²) in [6.07, 6.45) is 2.54. The van der Waals surface area contributed by atoms with E-state index in [1.165, 1.54) is 24.0 Å². The van der Waals surface area contributed by atoms with Crippen molar-refractivity contribution in [3.63, 3.8) is 0 Å². The first-order valence-electron chi connectivity index (χ1n) is 11.2. The number of anilines is 1. The van der Waals surface area contributed by atoms with E-state index in [2.05, 4.69) is 53.5 Å². The summed E-state index contributed by atoms with van der Waals surface area (Å²) >= 11 is 0. The van der Waals surface area contributed by atoms with Crippen LogP contribution >= 0.6 is 0 Å². The second-order valence-corrected chi connectivity index (χ2v) is 8.89. The zero-order valence-electron chi connectivity index (χ0n) is 18.7. The minimum Gasteiger partial charge on any atom is -0.382 e. The number of hydrogen-bond acceptors (Lipinski definition) is 4. The lowest BCUT2D eigenvalue weighted by Gasteiger charge is -2.21. The number of H-pyrrole nitrogens is 1. The number of aromatic nitrogens is 3. The smallest absolute Gasteiger partial charge is 0.327 e. The van der Waals surface area contributed by atoms with Gasteiger partial charge in [-0.3, -0.25) is 9.47 Å². The molecule has 1 fully saturated rings. The van der Waals surface area contributed by atoms with Crippen LogP contribution in [0.3, 0.4) is 0 Å². The maximum Gasteiger partial charge on any atom is 0.327 e. The highest BCUT2D eigenvalue weighted by atomic mass is 16.1. The number of nitrogen functional groups attached to an aromatic ring is 1. The molecule has 0 aliphatic carbocycles. The first-order chi connectivity index (χ1) is 15.4. The van der Waals surface area contributed by atoms with E-state index in [1.807, 2.05) is 24.3 Å². The van der Waals surface area contributed by atoms with Crippen LogP contribution in [0.4, 0.5) is 5.82 Å². The van der Waals surface area contributed by atoms with E-state index < -0.39 is 0 Å². The maximum absolute atomic E-state index is 13.1. The van der Waals surface area contributed by atoms with Crippen molar-refractivity contribution >= 4 is 33.3 Å². The Hall–Kier alpha value is -3.38. The largest absolute Gasteiger partial charge is 0.382 e. The van der Waals surface area contributed by atoms with E-state index in [0.717, 1.165) is 47.2 Å². The van der Waals surface area contributed by atoms with E-state index in [4.69, 9.17) is 5.73 Å². The van der Waals surface area contributed by atoms with Gasteiger partial charge in [0.25, 0.3) is 0 Å². The summed E-state index contributed by atoms with van der Waals surface area (Å²) < 4.78 is 1.80. The Balaban J connectivity index is 1.63. The van der Waals surface area contributed by atoms with Gasteiger partial charge in [-0.25, -0.2) is 9.78 Å². The number of pyridine rings is 1. The normalized spacial score (nSPS) is 15.6. The third kappa shape index (κ3) is 3.41. The maximum atomic E-state index is 13.1. The van der Waals surface area contributed by atoms with Crippen LogP contribution in [-0.2, 0) is 6.54 Å². The van der Waals surface area contributed by atoms with E-state index in [1.54, 1.807) is 4.57 Å². The predicted molar refractivity (Wildman–Crippen MR) is 132 cm³/mol. The van der Waals surface area contributed by atoms with E-state index >= 15 is 0 Å². The van der Waals surface area contributed by atoms with Gasteiger partial charge in [0.05, 0.1) is 17.1 Å². The van der Waals surface area contributed by atoms with Gasteiger partial charge < -0.3 is 10.7 Å². The average molecular weight is 428 g/mol. The van der Waals surface area contributed by atoms with Gasteiger partial charge >= 0.3 is 5.69 Å². The fraction of sp³-hybridized carbons (Fsp3) is 0.308. The molecule has 1 saturated heterocycles. The molecule has 1 aliphatic heterocycles. The molecular weight excluding hydrogens is 398 g/mol. The molecule has 1 unspecified atom stereocenters. The number of allylic oxidation sites excluding steroid dienone is 1. The SMILES string of the molecule is C=C(C)c1cc(C(C)n2c(=O)[nH]c3c(N)nc4ccccc4c32)ccc1CN1CCCC1. The van der Waals surface area contributed by atoms with E-state index in [0.29, 0.717) is 11.3 Å². The lowest BCUT2D eigenvalue weighted by molar-refractivity contribution is 0.331. The topological polar surface area (TPSA) is 79.9 Å². The predicted octanol–water partition coefficient (Wildman–Crippen LogP) is 4.70. The summed E-state index contributed by atoms with van der Waals surface area (Å²) in [6.45, 7) is 11.6. The number of nitrogens with one attached hydrogen (secondary N) is 1. The summed E-state index contributed by atoms with van der Waals surface area (Å²) in [5.74, 6) is 0.338. The Morgan fingerprint density at radius 3 is 2.72 bits per heavy atom. The molecule has 1 aliphatic rings. The summed E-state index contributed by atoms with van der Waals surface area (Å²) in [5, 5.41) is 0.910. The van der Waals surface area contributed by atoms with Crippen LogP contribution < -0.4 is 11.4 Å². The van der Waals surface area contributed by atoms with E-state index in [-0.39, 0.29) is 11.7 Å². The number of rotatable bonds is 5. The van der Waals surface area contributed by atoms with Gasteiger partial charge in [0.1, 0.15) is 11.3 Å². The molecule has 3 N–H and O–H groups in total. The molecule has 4 aromatic rings. The summed E-state index contributed by atoms with van der Waals surface area (Å²) in [5.41, 5.74) is 12.7. The number of hydrogen-bond donors (Lipinski definition) is 2. The van der Waals surface area contributed by atoms with Crippen LogP contribution in [0.5, 0.6) is 0 Å². The van der Waals surface area contributed by atoms with Gasteiger partial charge in [-0.2, -0.15) is 0 Å². The highest BCUT2D eigenvalue weighted by molar-refractivity contribution is 6.06. The lowest BCUT2D eigenvalue weighted by atomic mass is 9.96. The number of para-hydroxylation sites is 1. The van der Waals surface area contributed by atoms with Gasteiger partial charge in [0.15, 0.2) is 0 Å². The molecule has 32 heavy (non-hydrogen) atoms. The van der Waals surface area contributed by atoms with Crippen molar-refractivity contribution < 1.29 is 0 Å². The van der Waals surface area contributed by atoms with Crippen LogP contribution in [0, 0.1) is 0 Å². The molecule has 5 rings (SSSR count). The molecule has 0 radical (unpaired) electrons. The minimum atomic E-state index is -0.185. The quantitative estimate of drug-likeness (QED) is 0.484. The number of likely N-dealkylation sites (tertiary alicyclic amines) is 1. The number of imidazole rings is 1. The van der Waals surface area contributed by atoms with Gasteiger partial charge in [-0.1, -0.05) is 42.5 Å². The molecule has 0 spiro atoms. The van der Waals surface area contributed by atoms with Crippen molar-refractivity contribution in [2.24, 2.45) is 0 Å². The number of nitrogens with zero attached hydrogens (tertiary/aromatic N) is 3. The van der Waals surface area contributed by atoms with Crippen molar-refractivity contribution in [3.05, 3.63) is 76.2 Å². The molecule has 3 heterocycles. The molecule has 2 aromatic carbocycles. The van der Waals surface area contributed by atoms with Crippen molar-refractivity contribution in [2.75, 3.05) is 18.8 Å². The number of benzene rings is 2. The molecule has 164 valence electrons. The Bertz CT molecular complexity index is 1390. The van der Waals surface area contributed by atoms with Crippen molar-refractivity contribution in [3.8, 4) is 0 Å². The first kappa shape index (κ1) is 20.5. The Morgan fingerprint density at radius 1 is 1.22 bits per heavy atom. The molecule has 1 atom stereocenters. The first-order valence-corrected chi connectivity index (χ1v) is 11.2. The molecule has 0 saturated carbocycles. The van der Waals surface area contributed by atoms with Gasteiger partial charge in [-0.05, 0) is 68.6 Å². The number of nitrogens with two attached hydrogens (primary N) is 1. The number of aromatic amines is 1. The summed E-state index contributed by atoms with van der Waals surface area (Å²) in [4.78, 5) is 23.0. The summed E-state index contributed by atoms with van der Waals surface area (Å²) in [7, 11) is 0. The van der Waals surface area contributed by atoms with Crippen molar-refractivity contribution in [1.82, 2.24) is 19.4 Å². The third-order valence-corrected chi connectivity index (χ3v) is 6.64. The van der Waals surface area contributed by atoms with Crippen LogP contribution in [0.15, 0.2) is 53.8 Å². The fourth-order valence-electron chi connectivity index (χ4n) is 4.94. The van der Waals surface area contributed by atoms with Crippen LogP contribution in [0.1, 0.15) is 49.4 Å². The Kier molecular flexibility index (Phi) is 5.10. The van der Waals surface area contributed by atoms with Gasteiger partial charge in [0.2, 0.25) is 0 Å². The standard InChI is InChI=1S/C26H29N5O/c1-16(2)21-14-18(10-11-19(21)15-30-12-6-7-13-30)17(3)31-24-20-8-4-5-9-22(20)28-25(27)23(24)29-26(31)32/h4-5,8-11,14,17H,1,6-7,12-13,15H2,2-3H3,(H2,27,28)(H,29,32). The Morgan fingerprint density at radius 2 is 1.97 bits per heavy atom. The highest BCUT2D eigenvalue weighted by Crippen LogP contribution is 2.31. The van der Waals surface area contributed by atoms with Crippen molar-refractivity contribution in [1.29, 1.82) is 0 Å². The third-order valence-electron chi connectivity index (χ3n) is 6.64. The summed E-state index contributed by atoms with van der Waals surface area (Å²) in [6, 6.07) is 14.1. The highest BCUT2D eigenvalue weighted by Gasteiger charge is 2.21. The molecule has 0 amide bonds. The van der Waals surface area contributed by atoms with Crippen LogP contribution in [0.25, 0.3) is 27.5 Å². The number of fused-ring (bicyclic) bond motifs is 3. The van der Waals surface area contributed by atoms with E-state index in [9.17, 15) is 4.79 Å². The minimum absolute atomic E-state index is 0.180. The second-order valence-electron chi connectivity index (χ2n) is 8.89. The lowest BCUT2D eigenvalue weighted by Crippen LogP contribution is -2.22. The van der Waals surface area contributed by atoms with Gasteiger partial charge in [0, 0.05) is 11.9 Å². The zero-order valence-corrected chi connectivity index (χ0v) is 18.7. The molecule has 0 bridgehead atoms. The second kappa shape index (κ2) is 7.95. The van der Waals surface area contributed by atoms with Crippen LogP contribution in [-0.4, -0.2) is 32.5 Å². The average Bonchev–Trinajstić information content (AvgIpc) is 3.41. The zero-order chi connectivity index (χ0) is 22.4.